The number of nitrogens with one attached hydrogen (secondary N) is 1. The maximum atomic E-state index is 12.6. The van der Waals surface area contributed by atoms with Gasteiger partial charge in [0.15, 0.2) is 11.0 Å². The molecular formula is C24H21N5O3S2. The summed E-state index contributed by atoms with van der Waals surface area (Å²) in [6.45, 7) is 2.51. The molecule has 0 radical (unpaired) electrons. The van der Waals surface area contributed by atoms with Crippen LogP contribution in [0.5, 0.6) is 11.5 Å². The molecule has 4 aromatic rings. The number of rotatable bonds is 9. The van der Waals surface area contributed by atoms with E-state index in [0.29, 0.717) is 33.9 Å². The average Bonchev–Trinajstić information content (AvgIpc) is 3.50. The van der Waals surface area contributed by atoms with Crippen LogP contribution in [0.3, 0.4) is 0 Å². The second-order valence-electron chi connectivity index (χ2n) is 6.88. The standard InChI is InChI=1S/C24H21N5O3S2/c1-3-32-18-10-8-17(9-11-18)29-22(19-6-4-5-7-20(19)31-2)27-28-24(29)34-15-21(30)26-23-16(14-25)12-13-33-23/h4-13H,3,15H2,1-2H3,(H,26,30). The van der Waals surface area contributed by atoms with E-state index in [9.17, 15) is 4.79 Å². The van der Waals surface area contributed by atoms with Crippen molar-refractivity contribution in [2.75, 3.05) is 24.8 Å². The van der Waals surface area contributed by atoms with Gasteiger partial charge in [0.1, 0.15) is 22.6 Å². The Kier molecular flexibility index (Phi) is 7.47. The Morgan fingerprint density at radius 1 is 1.18 bits per heavy atom. The Hall–Kier alpha value is -3.81. The number of amides is 1. The van der Waals surface area contributed by atoms with Gasteiger partial charge in [-0.05, 0) is 54.8 Å². The Labute approximate surface area is 205 Å². The number of benzene rings is 2. The summed E-state index contributed by atoms with van der Waals surface area (Å²) >= 11 is 2.57. The molecule has 8 nitrogen and oxygen atoms in total. The molecule has 0 saturated carbocycles. The fourth-order valence-corrected chi connectivity index (χ4v) is 4.75. The first-order valence-electron chi connectivity index (χ1n) is 10.4. The molecule has 0 aliphatic rings. The molecule has 0 unspecified atom stereocenters. The molecule has 4 rings (SSSR count). The quantitative estimate of drug-likeness (QED) is 0.329. The maximum absolute atomic E-state index is 12.6. The van der Waals surface area contributed by atoms with E-state index in [0.717, 1.165) is 17.0 Å². The molecule has 0 fully saturated rings. The molecule has 10 heteroatoms. The summed E-state index contributed by atoms with van der Waals surface area (Å²) < 4.78 is 13.0. The van der Waals surface area contributed by atoms with E-state index in [1.165, 1.54) is 23.1 Å². The topological polar surface area (TPSA) is 102 Å². The molecule has 1 amide bonds. The first kappa shape index (κ1) is 23.4. The van der Waals surface area contributed by atoms with Gasteiger partial charge >= 0.3 is 0 Å². The summed E-state index contributed by atoms with van der Waals surface area (Å²) in [6.07, 6.45) is 0. The summed E-state index contributed by atoms with van der Waals surface area (Å²) in [5, 5.41) is 23.6. The molecule has 0 spiro atoms. The van der Waals surface area contributed by atoms with Crippen LogP contribution in [0.1, 0.15) is 12.5 Å². The Balaban J connectivity index is 1.65. The highest BCUT2D eigenvalue weighted by Crippen LogP contribution is 2.34. The number of thioether (sulfide) groups is 1. The molecule has 34 heavy (non-hydrogen) atoms. The number of thiophene rings is 1. The summed E-state index contributed by atoms with van der Waals surface area (Å²) in [5.41, 5.74) is 2.04. The molecule has 2 heterocycles. The number of carbonyl (C=O) groups excluding carboxylic acids is 1. The molecular weight excluding hydrogens is 470 g/mol. The van der Waals surface area contributed by atoms with Crippen LogP contribution in [-0.2, 0) is 4.79 Å². The molecule has 2 aromatic carbocycles. The first-order chi connectivity index (χ1) is 16.6. The molecule has 2 aromatic heterocycles. The van der Waals surface area contributed by atoms with Gasteiger partial charge < -0.3 is 14.8 Å². The normalized spacial score (nSPS) is 10.5. The SMILES string of the molecule is CCOc1ccc(-n2c(SCC(=O)Nc3sccc3C#N)nnc2-c2ccccc2OC)cc1. The van der Waals surface area contributed by atoms with Gasteiger partial charge in [0.05, 0.1) is 36.3 Å². The Morgan fingerprint density at radius 3 is 2.71 bits per heavy atom. The Bertz CT molecular complexity index is 1330. The molecule has 0 aliphatic heterocycles. The second-order valence-corrected chi connectivity index (χ2v) is 8.74. The number of nitrogens with zero attached hydrogens (tertiary/aromatic N) is 4. The highest BCUT2D eigenvalue weighted by molar-refractivity contribution is 7.99. The van der Waals surface area contributed by atoms with Crippen LogP contribution >= 0.6 is 23.1 Å². The van der Waals surface area contributed by atoms with Crippen LogP contribution in [-0.4, -0.2) is 40.1 Å². The van der Waals surface area contributed by atoms with Crippen molar-refractivity contribution in [3.8, 4) is 34.6 Å². The monoisotopic (exact) mass is 491 g/mol. The smallest absolute Gasteiger partial charge is 0.235 e. The number of methoxy groups -OCH3 is 1. The summed E-state index contributed by atoms with van der Waals surface area (Å²) in [6, 6.07) is 18.9. The number of para-hydroxylation sites is 1. The lowest BCUT2D eigenvalue weighted by atomic mass is 10.2. The largest absolute Gasteiger partial charge is 0.496 e. The van der Waals surface area contributed by atoms with Crippen molar-refractivity contribution in [2.45, 2.75) is 12.1 Å². The van der Waals surface area contributed by atoms with Crippen LogP contribution in [0.2, 0.25) is 0 Å². The zero-order valence-corrected chi connectivity index (χ0v) is 20.2. The highest BCUT2D eigenvalue weighted by atomic mass is 32.2. The first-order valence-corrected chi connectivity index (χ1v) is 12.2. The zero-order valence-electron chi connectivity index (χ0n) is 18.5. The number of anilines is 1. The van der Waals surface area contributed by atoms with Gasteiger partial charge in [-0.3, -0.25) is 9.36 Å². The maximum Gasteiger partial charge on any atom is 0.235 e. The van der Waals surface area contributed by atoms with Crippen LogP contribution in [0, 0.1) is 11.3 Å². The molecule has 0 saturated heterocycles. The lowest BCUT2D eigenvalue weighted by Crippen LogP contribution is -2.14. The lowest BCUT2D eigenvalue weighted by molar-refractivity contribution is -0.113. The third kappa shape index (κ3) is 5.06. The van der Waals surface area contributed by atoms with Crippen molar-refractivity contribution >= 4 is 34.0 Å². The third-order valence-corrected chi connectivity index (χ3v) is 6.52. The van der Waals surface area contributed by atoms with E-state index in [4.69, 9.17) is 14.7 Å². The second kappa shape index (κ2) is 10.9. The van der Waals surface area contributed by atoms with Gasteiger partial charge in [-0.15, -0.1) is 21.5 Å². The number of ether oxygens (including phenoxy) is 2. The fourth-order valence-electron chi connectivity index (χ4n) is 3.25. The van der Waals surface area contributed by atoms with Crippen LogP contribution in [0.25, 0.3) is 17.1 Å². The van der Waals surface area contributed by atoms with Crippen LogP contribution in [0.15, 0.2) is 65.1 Å². The van der Waals surface area contributed by atoms with E-state index in [2.05, 4.69) is 21.6 Å². The van der Waals surface area contributed by atoms with E-state index >= 15 is 0 Å². The molecule has 172 valence electrons. The van der Waals surface area contributed by atoms with E-state index in [1.807, 2.05) is 60.0 Å². The van der Waals surface area contributed by atoms with Crippen molar-refractivity contribution in [1.82, 2.24) is 14.8 Å². The zero-order chi connectivity index (χ0) is 23.9. The van der Waals surface area contributed by atoms with Gasteiger partial charge in [0.2, 0.25) is 5.91 Å². The van der Waals surface area contributed by atoms with E-state index in [-0.39, 0.29) is 11.7 Å². The van der Waals surface area contributed by atoms with Gasteiger partial charge in [0, 0.05) is 0 Å². The third-order valence-electron chi connectivity index (χ3n) is 4.76. The number of hydrogen-bond acceptors (Lipinski definition) is 8. The molecule has 0 bridgehead atoms. The Morgan fingerprint density at radius 2 is 1.97 bits per heavy atom. The van der Waals surface area contributed by atoms with E-state index in [1.54, 1.807) is 18.6 Å². The predicted molar refractivity (Wildman–Crippen MR) is 133 cm³/mol. The lowest BCUT2D eigenvalue weighted by Gasteiger charge is -2.13. The number of aromatic nitrogens is 3. The van der Waals surface area contributed by atoms with Crippen LogP contribution < -0.4 is 14.8 Å². The van der Waals surface area contributed by atoms with Crippen molar-refractivity contribution in [1.29, 1.82) is 5.26 Å². The number of nitriles is 1. The van der Waals surface area contributed by atoms with Gasteiger partial charge in [-0.1, -0.05) is 23.9 Å². The molecule has 0 atom stereocenters. The minimum absolute atomic E-state index is 0.101. The number of hydrogen-bond donors (Lipinski definition) is 1. The predicted octanol–water partition coefficient (Wildman–Crippen LogP) is 5.01. The summed E-state index contributed by atoms with van der Waals surface area (Å²) in [5.74, 6) is 1.89. The van der Waals surface area contributed by atoms with Crippen molar-refractivity contribution in [2.24, 2.45) is 0 Å². The van der Waals surface area contributed by atoms with Gasteiger partial charge in [-0.25, -0.2) is 0 Å². The highest BCUT2D eigenvalue weighted by Gasteiger charge is 2.20. The minimum Gasteiger partial charge on any atom is -0.496 e. The van der Waals surface area contributed by atoms with E-state index < -0.39 is 0 Å². The fraction of sp³-hybridized carbons (Fsp3) is 0.167. The van der Waals surface area contributed by atoms with Gasteiger partial charge in [0.25, 0.3) is 0 Å². The van der Waals surface area contributed by atoms with Gasteiger partial charge in [-0.2, -0.15) is 5.26 Å². The molecule has 0 aliphatic carbocycles. The van der Waals surface area contributed by atoms with Crippen molar-refractivity contribution in [3.63, 3.8) is 0 Å². The average molecular weight is 492 g/mol. The minimum atomic E-state index is -0.232. The van der Waals surface area contributed by atoms with Crippen molar-refractivity contribution in [3.05, 3.63) is 65.5 Å². The summed E-state index contributed by atoms with van der Waals surface area (Å²) in [4.78, 5) is 12.6. The number of carbonyl (C=O) groups is 1. The van der Waals surface area contributed by atoms with Crippen LogP contribution in [0.4, 0.5) is 5.00 Å². The van der Waals surface area contributed by atoms with Crippen molar-refractivity contribution < 1.29 is 14.3 Å². The summed E-state index contributed by atoms with van der Waals surface area (Å²) in [7, 11) is 1.61. The molecule has 1 N–H and O–H groups in total.